The first-order valence-electron chi connectivity index (χ1n) is 7.71. The van der Waals surface area contributed by atoms with Gasteiger partial charge in [-0.05, 0) is 38.3 Å². The molecule has 0 spiro atoms. The highest BCUT2D eigenvalue weighted by Gasteiger charge is 2.24. The average Bonchev–Trinajstić information content (AvgIpc) is 2.44. The van der Waals surface area contributed by atoms with Crippen molar-refractivity contribution in [3.63, 3.8) is 0 Å². The number of ketones is 1. The molecule has 0 aliphatic heterocycles. The van der Waals surface area contributed by atoms with Gasteiger partial charge in [0.1, 0.15) is 0 Å². The van der Waals surface area contributed by atoms with E-state index in [0.29, 0.717) is 12.5 Å². The summed E-state index contributed by atoms with van der Waals surface area (Å²) < 4.78 is 5.18. The van der Waals surface area contributed by atoms with Crippen LogP contribution in [0.4, 0.5) is 0 Å². The molecule has 0 fully saturated rings. The van der Waals surface area contributed by atoms with Gasteiger partial charge in [0.05, 0.1) is 12.6 Å². The highest BCUT2D eigenvalue weighted by Crippen LogP contribution is 2.16. The van der Waals surface area contributed by atoms with Gasteiger partial charge < -0.3 is 4.74 Å². The summed E-state index contributed by atoms with van der Waals surface area (Å²) in [6, 6.07) is 5.95. The van der Waals surface area contributed by atoms with Gasteiger partial charge in [-0.1, -0.05) is 31.5 Å². The van der Waals surface area contributed by atoms with E-state index in [1.807, 2.05) is 39.0 Å². The number of aryl methyl sites for hydroxylation is 2. The maximum absolute atomic E-state index is 12.8. The first-order valence-corrected chi connectivity index (χ1v) is 7.71. The molecule has 0 aliphatic carbocycles. The number of methoxy groups -OCH3 is 1. The number of Topliss-reactive ketones (excluding diaryl/α,β-unsaturated/α-hetero) is 1. The summed E-state index contributed by atoms with van der Waals surface area (Å²) in [4.78, 5) is 15.0. The molecule has 0 bridgehead atoms. The minimum absolute atomic E-state index is 0.122. The Labute approximate surface area is 129 Å². The highest BCUT2D eigenvalue weighted by atomic mass is 16.5. The second-order valence-electron chi connectivity index (χ2n) is 6.24. The fraction of sp³-hybridized carbons (Fsp3) is 0.611. The Bertz CT molecular complexity index is 468. The number of carbonyl (C=O) groups is 1. The average molecular weight is 291 g/mol. The molecule has 3 heteroatoms. The molecular formula is C18H29NO2. The van der Waals surface area contributed by atoms with Gasteiger partial charge in [0, 0.05) is 25.8 Å². The number of hydrogen-bond acceptors (Lipinski definition) is 3. The summed E-state index contributed by atoms with van der Waals surface area (Å²) in [6.45, 7) is 12.7. The van der Waals surface area contributed by atoms with Crippen LogP contribution in [0.2, 0.25) is 0 Å². The van der Waals surface area contributed by atoms with E-state index in [-0.39, 0.29) is 11.8 Å². The van der Waals surface area contributed by atoms with E-state index in [0.717, 1.165) is 29.8 Å². The van der Waals surface area contributed by atoms with Crippen LogP contribution in [0.5, 0.6) is 0 Å². The third-order valence-electron chi connectivity index (χ3n) is 3.77. The van der Waals surface area contributed by atoms with E-state index in [2.05, 4.69) is 18.7 Å². The number of benzene rings is 1. The molecule has 21 heavy (non-hydrogen) atoms. The quantitative estimate of drug-likeness (QED) is 0.687. The zero-order valence-corrected chi connectivity index (χ0v) is 14.3. The molecule has 1 atom stereocenters. The lowest BCUT2D eigenvalue weighted by Gasteiger charge is -2.29. The third kappa shape index (κ3) is 5.25. The zero-order chi connectivity index (χ0) is 16.0. The van der Waals surface area contributed by atoms with Crippen LogP contribution in [-0.4, -0.2) is 43.5 Å². The van der Waals surface area contributed by atoms with E-state index in [4.69, 9.17) is 4.74 Å². The zero-order valence-electron chi connectivity index (χ0n) is 14.3. The van der Waals surface area contributed by atoms with Crippen molar-refractivity contribution in [2.24, 2.45) is 5.92 Å². The molecule has 0 radical (unpaired) electrons. The number of nitrogens with zero attached hydrogens (tertiary/aromatic N) is 1. The summed E-state index contributed by atoms with van der Waals surface area (Å²) >= 11 is 0. The molecule has 0 N–H and O–H groups in total. The third-order valence-corrected chi connectivity index (χ3v) is 3.77. The predicted octanol–water partition coefficient (Wildman–Crippen LogP) is 3.48. The van der Waals surface area contributed by atoms with Gasteiger partial charge in [-0.2, -0.15) is 0 Å². The molecule has 3 nitrogen and oxygen atoms in total. The Kier molecular flexibility index (Phi) is 7.06. The van der Waals surface area contributed by atoms with Crippen LogP contribution in [0, 0.1) is 19.8 Å². The first kappa shape index (κ1) is 17.9. The Morgan fingerprint density at radius 1 is 1.24 bits per heavy atom. The van der Waals surface area contributed by atoms with Gasteiger partial charge in [0.25, 0.3) is 0 Å². The van der Waals surface area contributed by atoms with E-state index < -0.39 is 0 Å². The minimum Gasteiger partial charge on any atom is -0.383 e. The summed E-state index contributed by atoms with van der Waals surface area (Å²) in [5.74, 6) is 0.726. The molecule has 0 saturated heterocycles. The van der Waals surface area contributed by atoms with Gasteiger partial charge in [-0.3, -0.25) is 9.69 Å². The van der Waals surface area contributed by atoms with Crippen LogP contribution < -0.4 is 0 Å². The van der Waals surface area contributed by atoms with Crippen molar-refractivity contribution in [1.29, 1.82) is 0 Å². The van der Waals surface area contributed by atoms with Gasteiger partial charge in [0.15, 0.2) is 5.78 Å². The van der Waals surface area contributed by atoms with Crippen LogP contribution in [0.25, 0.3) is 0 Å². The van der Waals surface area contributed by atoms with Gasteiger partial charge in [0.2, 0.25) is 0 Å². The van der Waals surface area contributed by atoms with Gasteiger partial charge in [-0.25, -0.2) is 0 Å². The van der Waals surface area contributed by atoms with Crippen LogP contribution in [-0.2, 0) is 4.74 Å². The monoisotopic (exact) mass is 291 g/mol. The Morgan fingerprint density at radius 3 is 2.48 bits per heavy atom. The largest absolute Gasteiger partial charge is 0.383 e. The fourth-order valence-corrected chi connectivity index (χ4v) is 2.51. The molecule has 1 aromatic rings. The topological polar surface area (TPSA) is 29.5 Å². The maximum Gasteiger partial charge on any atom is 0.179 e. The number of ether oxygens (including phenoxy) is 1. The smallest absolute Gasteiger partial charge is 0.179 e. The number of hydrogen-bond donors (Lipinski definition) is 0. The van der Waals surface area contributed by atoms with Crippen molar-refractivity contribution in [3.8, 4) is 0 Å². The second kappa shape index (κ2) is 8.30. The highest BCUT2D eigenvalue weighted by molar-refractivity contribution is 6.01. The number of rotatable bonds is 8. The lowest BCUT2D eigenvalue weighted by Crippen LogP contribution is -2.43. The predicted molar refractivity (Wildman–Crippen MR) is 88.0 cm³/mol. The molecule has 0 amide bonds. The summed E-state index contributed by atoms with van der Waals surface area (Å²) in [6.07, 6.45) is 0. The SMILES string of the molecule is COCCN(CC(C)C)C(C)C(=O)c1cc(C)ccc1C. The van der Waals surface area contributed by atoms with E-state index >= 15 is 0 Å². The van der Waals surface area contributed by atoms with Crippen LogP contribution in [0.1, 0.15) is 42.3 Å². The minimum atomic E-state index is -0.122. The lowest BCUT2D eigenvalue weighted by atomic mass is 9.97. The normalized spacial score (nSPS) is 13.0. The Balaban J connectivity index is 2.93. The maximum atomic E-state index is 12.8. The first-order chi connectivity index (χ1) is 9.86. The van der Waals surface area contributed by atoms with Crippen molar-refractivity contribution < 1.29 is 9.53 Å². The van der Waals surface area contributed by atoms with Crippen LogP contribution in [0.15, 0.2) is 18.2 Å². The standard InChI is InChI=1S/C18H29NO2/c1-13(2)12-19(9-10-21-6)16(5)18(20)17-11-14(3)7-8-15(17)4/h7-8,11,13,16H,9-10,12H2,1-6H3. The molecule has 0 heterocycles. The second-order valence-corrected chi connectivity index (χ2v) is 6.24. The van der Waals surface area contributed by atoms with Crippen LogP contribution >= 0.6 is 0 Å². The molecule has 1 rings (SSSR count). The van der Waals surface area contributed by atoms with Crippen molar-refractivity contribution >= 4 is 5.78 Å². The Morgan fingerprint density at radius 2 is 1.90 bits per heavy atom. The molecule has 0 saturated carbocycles. The summed E-state index contributed by atoms with van der Waals surface area (Å²) in [5, 5.41) is 0. The molecule has 1 unspecified atom stereocenters. The van der Waals surface area contributed by atoms with E-state index in [1.54, 1.807) is 7.11 Å². The summed E-state index contributed by atoms with van der Waals surface area (Å²) in [5.41, 5.74) is 3.02. The molecule has 0 aliphatic rings. The molecule has 0 aromatic heterocycles. The van der Waals surface area contributed by atoms with Crippen molar-refractivity contribution in [2.45, 2.75) is 40.7 Å². The van der Waals surface area contributed by atoms with Crippen LogP contribution in [0.3, 0.4) is 0 Å². The molecular weight excluding hydrogens is 262 g/mol. The van der Waals surface area contributed by atoms with Crippen molar-refractivity contribution in [2.75, 3.05) is 26.8 Å². The van der Waals surface area contributed by atoms with Gasteiger partial charge >= 0.3 is 0 Å². The van der Waals surface area contributed by atoms with E-state index in [1.165, 1.54) is 0 Å². The summed E-state index contributed by atoms with van der Waals surface area (Å²) in [7, 11) is 1.70. The van der Waals surface area contributed by atoms with Crippen molar-refractivity contribution in [1.82, 2.24) is 4.90 Å². The fourth-order valence-electron chi connectivity index (χ4n) is 2.51. The molecule has 1 aromatic carbocycles. The van der Waals surface area contributed by atoms with Gasteiger partial charge in [-0.15, -0.1) is 0 Å². The van der Waals surface area contributed by atoms with Crippen molar-refractivity contribution in [3.05, 3.63) is 34.9 Å². The molecule has 118 valence electrons. The Hall–Kier alpha value is -1.19. The van der Waals surface area contributed by atoms with E-state index in [9.17, 15) is 4.79 Å². The number of carbonyl (C=O) groups excluding carboxylic acids is 1. The lowest BCUT2D eigenvalue weighted by molar-refractivity contribution is 0.0749.